The number of fused-ring (bicyclic) bond motifs is 1. The fraction of sp³-hybridized carbons (Fsp3) is 0.500. The second-order valence-electron chi connectivity index (χ2n) is 4.87. The lowest BCUT2D eigenvalue weighted by Gasteiger charge is -2.39. The molecule has 0 aliphatic carbocycles. The number of Topliss-reactive ketones (excluding diaryl/α,β-unsaturated/α-hetero) is 1. The van der Waals surface area contributed by atoms with E-state index in [9.17, 15) is 4.79 Å². The van der Waals surface area contributed by atoms with Crippen molar-refractivity contribution in [3.63, 3.8) is 0 Å². The van der Waals surface area contributed by atoms with Crippen molar-refractivity contribution < 1.29 is 4.79 Å². The minimum atomic E-state index is 0.0177. The molecule has 0 fully saturated rings. The molecule has 3 heteroatoms. The molecule has 0 saturated heterocycles. The van der Waals surface area contributed by atoms with Crippen molar-refractivity contribution in [3.8, 4) is 0 Å². The smallest absolute Gasteiger partial charge is 0.168 e. The summed E-state index contributed by atoms with van der Waals surface area (Å²) < 4.78 is 0. The topological polar surface area (TPSA) is 33.2 Å². The molecular weight excluding hydrogens is 188 g/mol. The van der Waals surface area contributed by atoms with Crippen LogP contribution in [0, 0.1) is 0 Å². The Hall–Kier alpha value is -1.38. The number of hydrogen-bond acceptors (Lipinski definition) is 3. The van der Waals surface area contributed by atoms with Gasteiger partial charge in [0.2, 0.25) is 0 Å². The molecule has 0 saturated carbocycles. The summed E-state index contributed by atoms with van der Waals surface area (Å²) in [5, 5.41) is 0. The number of nitrogens with zero attached hydrogens (tertiary/aromatic N) is 2. The predicted octanol–water partition coefficient (Wildman–Crippen LogP) is 2.27. The normalized spacial score (nSPS) is 16.5. The summed E-state index contributed by atoms with van der Waals surface area (Å²) >= 11 is 0. The number of pyridine rings is 1. The average Bonchev–Trinajstić information content (AvgIpc) is 2.17. The molecule has 0 atom stereocenters. The van der Waals surface area contributed by atoms with E-state index in [2.05, 4.69) is 30.7 Å². The third-order valence-corrected chi connectivity index (χ3v) is 2.71. The van der Waals surface area contributed by atoms with Crippen LogP contribution in [0.2, 0.25) is 0 Å². The SMILES string of the molecule is CC(C)(C)N1CCC(=O)c2cccnc21. The molecule has 0 radical (unpaired) electrons. The summed E-state index contributed by atoms with van der Waals surface area (Å²) in [6.07, 6.45) is 2.34. The summed E-state index contributed by atoms with van der Waals surface area (Å²) in [7, 11) is 0. The van der Waals surface area contributed by atoms with Gasteiger partial charge in [-0.2, -0.15) is 0 Å². The maximum Gasteiger partial charge on any atom is 0.168 e. The second kappa shape index (κ2) is 3.33. The van der Waals surface area contributed by atoms with Crippen molar-refractivity contribution in [2.24, 2.45) is 0 Å². The van der Waals surface area contributed by atoms with E-state index in [-0.39, 0.29) is 11.3 Å². The lowest BCUT2D eigenvalue weighted by atomic mass is 9.98. The van der Waals surface area contributed by atoms with E-state index in [1.54, 1.807) is 6.20 Å². The van der Waals surface area contributed by atoms with Gasteiger partial charge < -0.3 is 4.90 Å². The molecule has 1 aromatic heterocycles. The molecule has 0 amide bonds. The molecule has 0 bridgehead atoms. The Morgan fingerprint density at radius 2 is 2.13 bits per heavy atom. The first-order chi connectivity index (χ1) is 7.00. The number of carbonyl (C=O) groups is 1. The molecule has 0 aromatic carbocycles. The van der Waals surface area contributed by atoms with Crippen LogP contribution >= 0.6 is 0 Å². The van der Waals surface area contributed by atoms with E-state index >= 15 is 0 Å². The third-order valence-electron chi connectivity index (χ3n) is 2.71. The summed E-state index contributed by atoms with van der Waals surface area (Å²) in [4.78, 5) is 18.2. The molecule has 1 aliphatic rings. The number of anilines is 1. The Labute approximate surface area is 90.1 Å². The quantitative estimate of drug-likeness (QED) is 0.650. The largest absolute Gasteiger partial charge is 0.351 e. The van der Waals surface area contributed by atoms with Gasteiger partial charge in [0.1, 0.15) is 5.82 Å². The molecule has 15 heavy (non-hydrogen) atoms. The van der Waals surface area contributed by atoms with Crippen LogP contribution in [-0.4, -0.2) is 22.9 Å². The van der Waals surface area contributed by atoms with E-state index in [1.807, 2.05) is 12.1 Å². The van der Waals surface area contributed by atoms with Crippen LogP contribution < -0.4 is 4.90 Å². The van der Waals surface area contributed by atoms with Crippen molar-refractivity contribution >= 4 is 11.6 Å². The van der Waals surface area contributed by atoms with Gasteiger partial charge in [-0.05, 0) is 32.9 Å². The number of ketones is 1. The van der Waals surface area contributed by atoms with E-state index in [0.29, 0.717) is 6.42 Å². The first kappa shape index (κ1) is 10.1. The van der Waals surface area contributed by atoms with Crippen molar-refractivity contribution in [2.45, 2.75) is 32.7 Å². The highest BCUT2D eigenvalue weighted by Gasteiger charge is 2.30. The van der Waals surface area contributed by atoms with Crippen molar-refractivity contribution in [1.82, 2.24) is 4.98 Å². The van der Waals surface area contributed by atoms with Crippen molar-refractivity contribution in [1.29, 1.82) is 0 Å². The Kier molecular flexibility index (Phi) is 2.25. The predicted molar refractivity (Wildman–Crippen MR) is 60.3 cm³/mol. The monoisotopic (exact) mass is 204 g/mol. The molecule has 3 nitrogen and oxygen atoms in total. The maximum atomic E-state index is 11.7. The average molecular weight is 204 g/mol. The fourth-order valence-corrected chi connectivity index (χ4v) is 1.94. The van der Waals surface area contributed by atoms with Gasteiger partial charge in [0, 0.05) is 24.7 Å². The second-order valence-corrected chi connectivity index (χ2v) is 4.87. The molecule has 1 aliphatic heterocycles. The van der Waals surface area contributed by atoms with E-state index in [4.69, 9.17) is 0 Å². The van der Waals surface area contributed by atoms with Crippen LogP contribution in [0.3, 0.4) is 0 Å². The molecule has 2 rings (SSSR count). The van der Waals surface area contributed by atoms with Crippen molar-refractivity contribution in [2.75, 3.05) is 11.4 Å². The summed E-state index contributed by atoms with van der Waals surface area (Å²) in [5.41, 5.74) is 0.780. The number of carbonyl (C=O) groups excluding carboxylic acids is 1. The highest BCUT2D eigenvalue weighted by atomic mass is 16.1. The van der Waals surface area contributed by atoms with Gasteiger partial charge >= 0.3 is 0 Å². The summed E-state index contributed by atoms with van der Waals surface area (Å²) in [5.74, 6) is 1.04. The first-order valence-electron chi connectivity index (χ1n) is 5.26. The molecule has 0 spiro atoms. The van der Waals surface area contributed by atoms with Crippen LogP contribution in [0.25, 0.3) is 0 Å². The third kappa shape index (κ3) is 1.74. The molecular formula is C12H16N2O. The maximum absolute atomic E-state index is 11.7. The molecule has 0 unspecified atom stereocenters. The Morgan fingerprint density at radius 1 is 1.40 bits per heavy atom. The van der Waals surface area contributed by atoms with E-state index in [1.165, 1.54) is 0 Å². The van der Waals surface area contributed by atoms with Gasteiger partial charge in [-0.1, -0.05) is 0 Å². The number of aromatic nitrogens is 1. The van der Waals surface area contributed by atoms with Gasteiger partial charge in [-0.25, -0.2) is 4.98 Å². The molecule has 1 aromatic rings. The first-order valence-corrected chi connectivity index (χ1v) is 5.26. The zero-order valence-corrected chi connectivity index (χ0v) is 9.45. The number of rotatable bonds is 0. The van der Waals surface area contributed by atoms with Gasteiger partial charge in [0.25, 0.3) is 0 Å². The zero-order chi connectivity index (χ0) is 11.1. The molecule has 0 N–H and O–H groups in total. The Bertz CT molecular complexity index is 393. The standard InChI is InChI=1S/C12H16N2O/c1-12(2,3)14-8-6-10(15)9-5-4-7-13-11(9)14/h4-5,7H,6,8H2,1-3H3. The van der Waals surface area contributed by atoms with Gasteiger partial charge in [0.15, 0.2) is 5.78 Å². The van der Waals surface area contributed by atoms with Crippen molar-refractivity contribution in [3.05, 3.63) is 23.9 Å². The van der Waals surface area contributed by atoms with E-state index in [0.717, 1.165) is 17.9 Å². The van der Waals surface area contributed by atoms with Gasteiger partial charge in [-0.15, -0.1) is 0 Å². The minimum absolute atomic E-state index is 0.0177. The Balaban J connectivity index is 2.50. The highest BCUT2D eigenvalue weighted by molar-refractivity contribution is 6.02. The lowest BCUT2D eigenvalue weighted by Crippen LogP contribution is -2.46. The summed E-state index contributed by atoms with van der Waals surface area (Å²) in [6, 6.07) is 3.69. The van der Waals surface area contributed by atoms with Gasteiger partial charge in [-0.3, -0.25) is 4.79 Å². The van der Waals surface area contributed by atoms with Crippen LogP contribution in [0.4, 0.5) is 5.82 Å². The lowest BCUT2D eigenvalue weighted by molar-refractivity contribution is 0.0977. The summed E-state index contributed by atoms with van der Waals surface area (Å²) in [6.45, 7) is 7.19. The Morgan fingerprint density at radius 3 is 2.80 bits per heavy atom. The highest BCUT2D eigenvalue weighted by Crippen LogP contribution is 2.29. The number of hydrogen-bond donors (Lipinski definition) is 0. The molecule has 80 valence electrons. The zero-order valence-electron chi connectivity index (χ0n) is 9.45. The van der Waals surface area contributed by atoms with Crippen LogP contribution in [0.1, 0.15) is 37.6 Å². The fourth-order valence-electron chi connectivity index (χ4n) is 1.94. The van der Waals surface area contributed by atoms with Crippen LogP contribution in [0.15, 0.2) is 18.3 Å². The molecule has 2 heterocycles. The van der Waals surface area contributed by atoms with E-state index < -0.39 is 0 Å². The van der Waals surface area contributed by atoms with Crippen LogP contribution in [0.5, 0.6) is 0 Å². The minimum Gasteiger partial charge on any atom is -0.351 e. The van der Waals surface area contributed by atoms with Crippen LogP contribution in [-0.2, 0) is 0 Å². The van der Waals surface area contributed by atoms with Gasteiger partial charge in [0.05, 0.1) is 5.56 Å².